The number of aliphatic hydroxyl groups is 2. The highest BCUT2D eigenvalue weighted by atomic mass is 16.5. The number of carbonyl (C=O) groups excluding carboxylic acids is 1. The second kappa shape index (κ2) is 5.07. The van der Waals surface area contributed by atoms with E-state index in [0.29, 0.717) is 18.6 Å². The van der Waals surface area contributed by atoms with E-state index < -0.39 is 17.8 Å². The molecule has 26 heavy (non-hydrogen) atoms. The zero-order valence-corrected chi connectivity index (χ0v) is 15.9. The summed E-state index contributed by atoms with van der Waals surface area (Å²) in [5.74, 6) is 0.596. The normalized spacial score (nSPS) is 52.3. The van der Waals surface area contributed by atoms with Gasteiger partial charge in [0.1, 0.15) is 11.9 Å². The third-order valence-electron chi connectivity index (χ3n) is 8.22. The molecule has 5 aliphatic rings. The van der Waals surface area contributed by atoms with Gasteiger partial charge in [-0.05, 0) is 57.3 Å². The van der Waals surface area contributed by atoms with Crippen LogP contribution in [0.3, 0.4) is 0 Å². The summed E-state index contributed by atoms with van der Waals surface area (Å²) in [6, 6.07) is -0.136. The summed E-state index contributed by atoms with van der Waals surface area (Å²) in [5, 5.41) is 21.5. The van der Waals surface area contributed by atoms with E-state index in [1.165, 1.54) is 0 Å². The minimum absolute atomic E-state index is 0.136. The smallest absolute Gasteiger partial charge is 0.139 e. The van der Waals surface area contributed by atoms with Crippen LogP contribution in [0.15, 0.2) is 23.3 Å². The third-order valence-corrected chi connectivity index (χ3v) is 8.22. The van der Waals surface area contributed by atoms with Crippen LogP contribution in [0.5, 0.6) is 0 Å². The molecule has 0 aromatic rings. The van der Waals surface area contributed by atoms with E-state index in [1.807, 2.05) is 19.0 Å². The van der Waals surface area contributed by atoms with Crippen molar-refractivity contribution in [3.05, 3.63) is 23.3 Å². The molecule has 0 aromatic heterocycles. The first-order chi connectivity index (χ1) is 12.2. The van der Waals surface area contributed by atoms with E-state index in [1.54, 1.807) is 0 Å². The second-order valence-electron chi connectivity index (χ2n) is 9.55. The molecule has 2 bridgehead atoms. The van der Waals surface area contributed by atoms with E-state index in [9.17, 15) is 15.0 Å². The largest absolute Gasteiger partial charge is 0.388 e. The Balaban J connectivity index is 1.63. The number of aliphatic hydroxyl groups excluding tert-OH is 2. The summed E-state index contributed by atoms with van der Waals surface area (Å²) in [5.41, 5.74) is 0.771. The topological polar surface area (TPSA) is 70.0 Å². The molecule has 7 atom stereocenters. The minimum atomic E-state index is -0.897. The molecule has 2 aliphatic heterocycles. The standard InChI is InChI=1S/C21H29NO4/c1-19-7-6-12-10-13-17(24)18(25)14(22(2)3)11-20(13)8-9-21(12,26-20)15(19)4-5-16(19)23/h6,10,14-15,17-18,24-25H,4-5,7-9,11H2,1-3H3/t14-,15+,17+,18+,19-,20+,21+/m0/s1. The summed E-state index contributed by atoms with van der Waals surface area (Å²) in [6.45, 7) is 2.12. The van der Waals surface area contributed by atoms with Crippen LogP contribution in [-0.2, 0) is 9.53 Å². The number of hydrogen-bond acceptors (Lipinski definition) is 5. The van der Waals surface area contributed by atoms with Crippen LogP contribution >= 0.6 is 0 Å². The Morgan fingerprint density at radius 1 is 1.27 bits per heavy atom. The number of ketones is 1. The van der Waals surface area contributed by atoms with Gasteiger partial charge in [-0.15, -0.1) is 0 Å². The molecule has 1 saturated heterocycles. The Labute approximate surface area is 154 Å². The molecule has 2 spiro atoms. The SMILES string of the molecule is CN(C)[C@H]1C[C@@]23CC[C@@]4(O2)C(=CC[C@]2(C)C(=O)CC[C@H]24)C=C3[C@@H](O)[C@@H]1O. The number of hydrogen-bond donors (Lipinski definition) is 2. The first-order valence-corrected chi connectivity index (χ1v) is 9.92. The van der Waals surface area contributed by atoms with Crippen molar-refractivity contribution in [1.82, 2.24) is 4.90 Å². The summed E-state index contributed by atoms with van der Waals surface area (Å²) in [7, 11) is 3.89. The Bertz CT molecular complexity index is 742. The third kappa shape index (κ3) is 1.83. The van der Waals surface area contributed by atoms with Gasteiger partial charge in [0.25, 0.3) is 0 Å². The fourth-order valence-corrected chi connectivity index (χ4v) is 6.70. The highest BCUT2D eigenvalue weighted by Gasteiger charge is 2.68. The van der Waals surface area contributed by atoms with Gasteiger partial charge >= 0.3 is 0 Å². The van der Waals surface area contributed by atoms with Gasteiger partial charge in [0, 0.05) is 23.8 Å². The quantitative estimate of drug-likeness (QED) is 0.744. The van der Waals surface area contributed by atoms with Gasteiger partial charge in [0.2, 0.25) is 0 Å². The van der Waals surface area contributed by atoms with Crippen LogP contribution in [0.2, 0.25) is 0 Å². The number of allylic oxidation sites excluding steroid dienone is 1. The van der Waals surface area contributed by atoms with Gasteiger partial charge < -0.3 is 19.8 Å². The zero-order chi connectivity index (χ0) is 18.5. The van der Waals surface area contributed by atoms with Crippen LogP contribution in [0.25, 0.3) is 0 Å². The molecule has 3 aliphatic carbocycles. The number of likely N-dealkylation sites (N-methyl/N-ethyl adjacent to an activating group) is 1. The molecular weight excluding hydrogens is 330 g/mol. The van der Waals surface area contributed by atoms with Gasteiger partial charge in [-0.3, -0.25) is 4.79 Å². The number of nitrogens with zero attached hydrogens (tertiary/aromatic N) is 1. The average molecular weight is 359 g/mol. The lowest BCUT2D eigenvalue weighted by Crippen LogP contribution is -2.62. The van der Waals surface area contributed by atoms with Gasteiger partial charge in [0.15, 0.2) is 0 Å². The summed E-state index contributed by atoms with van der Waals surface area (Å²) >= 11 is 0. The molecule has 5 heteroatoms. The van der Waals surface area contributed by atoms with Crippen LogP contribution in [-0.4, -0.2) is 64.4 Å². The molecule has 0 aromatic carbocycles. The highest BCUT2D eigenvalue weighted by molar-refractivity contribution is 5.88. The van der Waals surface area contributed by atoms with Crippen LogP contribution < -0.4 is 0 Å². The van der Waals surface area contributed by atoms with Crippen molar-refractivity contribution in [1.29, 1.82) is 0 Å². The molecular formula is C21H29NO4. The number of fused-ring (bicyclic) bond motifs is 1. The fraction of sp³-hybridized carbons (Fsp3) is 0.762. The number of ether oxygens (including phenoxy) is 1. The maximum atomic E-state index is 12.6. The zero-order valence-electron chi connectivity index (χ0n) is 15.9. The highest BCUT2D eigenvalue weighted by Crippen LogP contribution is 2.65. The summed E-state index contributed by atoms with van der Waals surface area (Å²) in [6.07, 6.45) is 7.32. The van der Waals surface area contributed by atoms with E-state index in [-0.39, 0.29) is 23.0 Å². The predicted octanol–water partition coefficient (Wildman–Crippen LogP) is 1.59. The van der Waals surface area contributed by atoms with Gasteiger partial charge in [-0.25, -0.2) is 0 Å². The monoisotopic (exact) mass is 359 g/mol. The van der Waals surface area contributed by atoms with Gasteiger partial charge in [-0.1, -0.05) is 19.1 Å². The van der Waals surface area contributed by atoms with Gasteiger partial charge in [-0.2, -0.15) is 0 Å². The van der Waals surface area contributed by atoms with E-state index >= 15 is 0 Å². The van der Waals surface area contributed by atoms with Gasteiger partial charge in [0.05, 0.1) is 17.3 Å². The lowest BCUT2D eigenvalue weighted by atomic mass is 9.61. The number of rotatable bonds is 1. The van der Waals surface area contributed by atoms with Crippen LogP contribution in [0, 0.1) is 11.3 Å². The van der Waals surface area contributed by atoms with Crippen molar-refractivity contribution in [2.24, 2.45) is 11.3 Å². The second-order valence-corrected chi connectivity index (χ2v) is 9.55. The maximum Gasteiger partial charge on any atom is 0.139 e. The van der Waals surface area contributed by atoms with Crippen LogP contribution in [0.1, 0.15) is 45.4 Å². The summed E-state index contributed by atoms with van der Waals surface area (Å²) < 4.78 is 6.92. The first kappa shape index (κ1) is 17.1. The van der Waals surface area contributed by atoms with Crippen molar-refractivity contribution in [2.75, 3.05) is 14.1 Å². The van der Waals surface area contributed by atoms with Crippen molar-refractivity contribution >= 4 is 5.78 Å². The maximum absolute atomic E-state index is 12.6. The molecule has 2 heterocycles. The van der Waals surface area contributed by atoms with Crippen molar-refractivity contribution in [3.63, 3.8) is 0 Å². The number of carbonyl (C=O) groups is 1. The van der Waals surface area contributed by atoms with Crippen molar-refractivity contribution < 1.29 is 19.7 Å². The van der Waals surface area contributed by atoms with E-state index in [2.05, 4.69) is 19.1 Å². The molecule has 2 saturated carbocycles. The Hall–Kier alpha value is -1.01. The molecule has 5 rings (SSSR count). The molecule has 2 N–H and O–H groups in total. The molecule has 5 nitrogen and oxygen atoms in total. The average Bonchev–Trinajstić information content (AvgIpc) is 3.07. The molecule has 0 radical (unpaired) electrons. The fourth-order valence-electron chi connectivity index (χ4n) is 6.70. The summed E-state index contributed by atoms with van der Waals surface area (Å²) in [4.78, 5) is 14.6. The lowest BCUT2D eigenvalue weighted by Gasteiger charge is -2.55. The predicted molar refractivity (Wildman–Crippen MR) is 96.5 cm³/mol. The molecule has 0 amide bonds. The molecule has 142 valence electrons. The van der Waals surface area contributed by atoms with Crippen LogP contribution in [0.4, 0.5) is 0 Å². The first-order valence-electron chi connectivity index (χ1n) is 9.92. The Morgan fingerprint density at radius 3 is 2.77 bits per heavy atom. The Morgan fingerprint density at radius 2 is 2.04 bits per heavy atom. The molecule has 0 unspecified atom stereocenters. The lowest BCUT2D eigenvalue weighted by molar-refractivity contribution is -0.167. The molecule has 3 fully saturated rings. The van der Waals surface area contributed by atoms with Crippen molar-refractivity contribution in [3.8, 4) is 0 Å². The Kier molecular flexibility index (Phi) is 3.34. The van der Waals surface area contributed by atoms with Crippen molar-refractivity contribution in [2.45, 2.75) is 74.9 Å². The van der Waals surface area contributed by atoms with E-state index in [0.717, 1.165) is 36.8 Å². The minimum Gasteiger partial charge on any atom is -0.388 e. The van der Waals surface area contributed by atoms with E-state index in [4.69, 9.17) is 4.74 Å². The number of Topliss-reactive ketones (excluding diaryl/α,β-unsaturated/α-hetero) is 1.